The first-order chi connectivity index (χ1) is 9.84. The molecule has 0 aliphatic rings. The summed E-state index contributed by atoms with van der Waals surface area (Å²) in [5, 5.41) is 5.59. The number of amides is 2. The Bertz CT molecular complexity index is 746. The monoisotopic (exact) mass is 328 g/mol. The molecule has 0 aliphatic heterocycles. The van der Waals surface area contributed by atoms with Crippen molar-refractivity contribution in [2.75, 3.05) is 10.6 Å². The number of hydrogen-bond donors (Lipinski definition) is 2. The van der Waals surface area contributed by atoms with Gasteiger partial charge in [0.15, 0.2) is 0 Å². The average molecular weight is 329 g/mol. The molecule has 0 fully saturated rings. The molecule has 8 heteroatoms. The number of rotatable bonds is 3. The lowest BCUT2D eigenvalue weighted by molar-refractivity contribution is 0.262. The summed E-state index contributed by atoms with van der Waals surface area (Å²) < 4.78 is 34.0. The summed E-state index contributed by atoms with van der Waals surface area (Å²) in [7, 11) is -4.74. The first-order valence-corrected chi connectivity index (χ1v) is 7.49. The lowest BCUT2D eigenvalue weighted by Crippen LogP contribution is -2.19. The second-order valence-corrected chi connectivity index (χ2v) is 5.83. The van der Waals surface area contributed by atoms with Gasteiger partial charge in [-0.05, 0) is 48.5 Å². The van der Waals surface area contributed by atoms with E-state index in [0.717, 1.165) is 12.1 Å². The van der Waals surface area contributed by atoms with Crippen LogP contribution in [-0.4, -0.2) is 14.4 Å². The standard InChI is InChI=1S/C13H10ClFN2O3S/c14-9-1-3-10(4-2-9)16-13(18)17-11-5-7-12(8-6-11)21(15,19)20/h1-8H,(H2,16,17,18). The van der Waals surface area contributed by atoms with Crippen LogP contribution in [0.25, 0.3) is 0 Å². The number of urea groups is 1. The predicted molar refractivity (Wildman–Crippen MR) is 78.8 cm³/mol. The van der Waals surface area contributed by atoms with Crippen molar-refractivity contribution in [2.45, 2.75) is 4.90 Å². The number of carbonyl (C=O) groups excluding carboxylic acids is 1. The summed E-state index contributed by atoms with van der Waals surface area (Å²) in [6.07, 6.45) is 0. The smallest absolute Gasteiger partial charge is 0.308 e. The summed E-state index contributed by atoms with van der Waals surface area (Å²) in [4.78, 5) is 11.2. The van der Waals surface area contributed by atoms with E-state index in [1.54, 1.807) is 24.3 Å². The Hall–Kier alpha value is -2.12. The van der Waals surface area contributed by atoms with Crippen molar-refractivity contribution < 1.29 is 17.1 Å². The first kappa shape index (κ1) is 15.3. The number of hydrogen-bond acceptors (Lipinski definition) is 3. The van der Waals surface area contributed by atoms with Crippen LogP contribution in [0.1, 0.15) is 0 Å². The largest absolute Gasteiger partial charge is 0.332 e. The quantitative estimate of drug-likeness (QED) is 0.845. The van der Waals surface area contributed by atoms with E-state index in [1.165, 1.54) is 12.1 Å². The minimum Gasteiger partial charge on any atom is -0.308 e. The molecule has 5 nitrogen and oxygen atoms in total. The highest BCUT2D eigenvalue weighted by molar-refractivity contribution is 7.86. The van der Waals surface area contributed by atoms with Gasteiger partial charge in [-0.2, -0.15) is 8.42 Å². The van der Waals surface area contributed by atoms with Crippen LogP contribution in [0.5, 0.6) is 0 Å². The van der Waals surface area contributed by atoms with E-state index in [4.69, 9.17) is 11.6 Å². The van der Waals surface area contributed by atoms with E-state index in [9.17, 15) is 17.1 Å². The number of nitrogens with one attached hydrogen (secondary N) is 2. The molecule has 2 amide bonds. The second kappa shape index (κ2) is 6.11. The van der Waals surface area contributed by atoms with E-state index in [0.29, 0.717) is 16.4 Å². The molecule has 2 aromatic rings. The molecule has 110 valence electrons. The fourth-order valence-electron chi connectivity index (χ4n) is 1.53. The van der Waals surface area contributed by atoms with Gasteiger partial charge in [0.1, 0.15) is 0 Å². The molecule has 0 bridgehead atoms. The highest BCUT2D eigenvalue weighted by Gasteiger charge is 2.11. The minimum absolute atomic E-state index is 0.328. The second-order valence-electron chi connectivity index (χ2n) is 4.05. The van der Waals surface area contributed by atoms with E-state index >= 15 is 0 Å². The molecule has 0 aliphatic carbocycles. The van der Waals surface area contributed by atoms with Crippen LogP contribution in [0.3, 0.4) is 0 Å². The highest BCUT2D eigenvalue weighted by atomic mass is 35.5. The summed E-state index contributed by atoms with van der Waals surface area (Å²) in [6.45, 7) is 0. The van der Waals surface area contributed by atoms with Crippen molar-refractivity contribution >= 4 is 39.2 Å². The molecule has 0 heterocycles. The maximum atomic E-state index is 12.7. The van der Waals surface area contributed by atoms with Crippen LogP contribution >= 0.6 is 11.6 Å². The zero-order valence-electron chi connectivity index (χ0n) is 10.5. The molecule has 21 heavy (non-hydrogen) atoms. The molecule has 0 spiro atoms. The summed E-state index contributed by atoms with van der Waals surface area (Å²) >= 11 is 5.72. The van der Waals surface area contributed by atoms with Crippen LogP contribution in [-0.2, 0) is 10.2 Å². The lowest BCUT2D eigenvalue weighted by atomic mass is 10.3. The fourth-order valence-corrected chi connectivity index (χ4v) is 2.11. The van der Waals surface area contributed by atoms with Crippen molar-refractivity contribution in [3.05, 3.63) is 53.6 Å². The van der Waals surface area contributed by atoms with Crippen LogP contribution in [0.2, 0.25) is 5.02 Å². The molecule has 0 atom stereocenters. The van der Waals surface area contributed by atoms with E-state index in [1.807, 2.05) is 0 Å². The number of anilines is 2. The number of carbonyl (C=O) groups is 1. The Morgan fingerprint density at radius 3 is 1.76 bits per heavy atom. The Morgan fingerprint density at radius 1 is 0.905 bits per heavy atom. The number of halogens is 2. The normalized spacial score (nSPS) is 11.0. The maximum Gasteiger partial charge on any atom is 0.332 e. The van der Waals surface area contributed by atoms with Gasteiger partial charge < -0.3 is 10.6 Å². The molecule has 0 saturated carbocycles. The Labute approximate surface area is 126 Å². The zero-order chi connectivity index (χ0) is 15.5. The third-order valence-corrected chi connectivity index (χ3v) is 3.58. The Kier molecular flexibility index (Phi) is 4.44. The van der Waals surface area contributed by atoms with Crippen molar-refractivity contribution in [3.8, 4) is 0 Å². The Morgan fingerprint density at radius 2 is 1.33 bits per heavy atom. The molecule has 0 unspecified atom stereocenters. The van der Waals surface area contributed by atoms with Gasteiger partial charge in [-0.25, -0.2) is 4.79 Å². The zero-order valence-corrected chi connectivity index (χ0v) is 12.1. The van der Waals surface area contributed by atoms with Crippen LogP contribution in [0.15, 0.2) is 53.4 Å². The van der Waals surface area contributed by atoms with Gasteiger partial charge >= 0.3 is 16.3 Å². The SMILES string of the molecule is O=C(Nc1ccc(Cl)cc1)Nc1ccc(S(=O)(=O)F)cc1. The van der Waals surface area contributed by atoms with Crippen LogP contribution < -0.4 is 10.6 Å². The summed E-state index contributed by atoms with van der Waals surface area (Å²) in [5.41, 5.74) is 0.869. The van der Waals surface area contributed by atoms with Gasteiger partial charge in [0, 0.05) is 16.4 Å². The molecule has 0 saturated heterocycles. The molecular weight excluding hydrogens is 319 g/mol. The maximum absolute atomic E-state index is 12.7. The van der Waals surface area contributed by atoms with Gasteiger partial charge in [-0.15, -0.1) is 3.89 Å². The molecule has 2 aromatic carbocycles. The van der Waals surface area contributed by atoms with Gasteiger partial charge in [-0.1, -0.05) is 11.6 Å². The van der Waals surface area contributed by atoms with Crippen LogP contribution in [0, 0.1) is 0 Å². The number of benzene rings is 2. The van der Waals surface area contributed by atoms with E-state index in [2.05, 4.69) is 10.6 Å². The van der Waals surface area contributed by atoms with Crippen molar-refractivity contribution in [1.29, 1.82) is 0 Å². The van der Waals surface area contributed by atoms with E-state index in [-0.39, 0.29) is 0 Å². The average Bonchev–Trinajstić information content (AvgIpc) is 2.41. The lowest BCUT2D eigenvalue weighted by Gasteiger charge is -2.07. The highest BCUT2D eigenvalue weighted by Crippen LogP contribution is 2.17. The van der Waals surface area contributed by atoms with Crippen molar-refractivity contribution in [3.63, 3.8) is 0 Å². The molecular formula is C13H10ClFN2O3S. The van der Waals surface area contributed by atoms with Crippen LogP contribution in [0.4, 0.5) is 20.1 Å². The first-order valence-electron chi connectivity index (χ1n) is 5.73. The molecule has 2 rings (SSSR count). The Balaban J connectivity index is 2.01. The third kappa shape index (κ3) is 4.44. The topological polar surface area (TPSA) is 75.3 Å². The van der Waals surface area contributed by atoms with Crippen molar-refractivity contribution in [1.82, 2.24) is 0 Å². The third-order valence-electron chi connectivity index (χ3n) is 2.50. The minimum atomic E-state index is -4.74. The van der Waals surface area contributed by atoms with Gasteiger partial charge in [0.2, 0.25) is 0 Å². The van der Waals surface area contributed by atoms with E-state index < -0.39 is 21.1 Å². The molecule has 0 radical (unpaired) electrons. The molecule has 2 N–H and O–H groups in total. The fraction of sp³-hybridized carbons (Fsp3) is 0. The van der Waals surface area contributed by atoms with Gasteiger partial charge in [0.05, 0.1) is 4.90 Å². The van der Waals surface area contributed by atoms with Gasteiger partial charge in [0.25, 0.3) is 0 Å². The van der Waals surface area contributed by atoms with Crippen molar-refractivity contribution in [2.24, 2.45) is 0 Å². The predicted octanol–water partition coefficient (Wildman–Crippen LogP) is 3.64. The summed E-state index contributed by atoms with van der Waals surface area (Å²) in [6, 6.07) is 10.7. The molecule has 0 aromatic heterocycles. The summed E-state index contributed by atoms with van der Waals surface area (Å²) in [5.74, 6) is 0. The van der Waals surface area contributed by atoms with Gasteiger partial charge in [-0.3, -0.25) is 0 Å².